The van der Waals surface area contributed by atoms with Gasteiger partial charge in [-0.15, -0.1) is 0 Å². The van der Waals surface area contributed by atoms with Crippen LogP contribution < -0.4 is 15.4 Å². The Bertz CT molecular complexity index is 955. The average Bonchev–Trinajstić information content (AvgIpc) is 3.23. The molecule has 0 spiro atoms. The number of halogens is 2. The highest BCUT2D eigenvalue weighted by atomic mass is 32.1. The summed E-state index contributed by atoms with van der Waals surface area (Å²) in [5.74, 6) is 0.0146. The van der Waals surface area contributed by atoms with Gasteiger partial charge in [0.15, 0.2) is 5.11 Å². The lowest BCUT2D eigenvalue weighted by Crippen LogP contribution is -2.19. The Morgan fingerprint density at radius 2 is 2.00 bits per heavy atom. The lowest BCUT2D eigenvalue weighted by atomic mass is 10.2. The number of hydrogen-bond donors (Lipinski definition) is 2. The second-order valence-electron chi connectivity index (χ2n) is 5.95. The number of benzene rings is 1. The maximum absolute atomic E-state index is 12.5. The summed E-state index contributed by atoms with van der Waals surface area (Å²) in [5, 5.41) is 14.7. The molecule has 2 heterocycles. The summed E-state index contributed by atoms with van der Waals surface area (Å²) < 4.78 is 33.2. The van der Waals surface area contributed by atoms with Gasteiger partial charge in [0.2, 0.25) is 0 Å². The van der Waals surface area contributed by atoms with E-state index in [-0.39, 0.29) is 10.9 Å². The molecule has 0 bridgehead atoms. The molecule has 1 aromatic carbocycles. The summed E-state index contributed by atoms with van der Waals surface area (Å²) in [6, 6.07) is 6.34. The molecule has 0 saturated heterocycles. The molecule has 0 fully saturated rings. The number of anilines is 2. The maximum Gasteiger partial charge on any atom is 0.387 e. The van der Waals surface area contributed by atoms with Crippen molar-refractivity contribution >= 4 is 28.7 Å². The van der Waals surface area contributed by atoms with Gasteiger partial charge in [0.25, 0.3) is 0 Å². The molecule has 0 aliphatic heterocycles. The number of aryl methyl sites for hydroxylation is 1. The zero-order valence-electron chi connectivity index (χ0n) is 15.4. The van der Waals surface area contributed by atoms with E-state index >= 15 is 0 Å². The molecule has 2 N–H and O–H groups in total. The number of nitrogens with zero attached hydrogens (tertiary/aromatic N) is 4. The summed E-state index contributed by atoms with van der Waals surface area (Å²) in [6.45, 7) is 2.54. The van der Waals surface area contributed by atoms with Gasteiger partial charge in [-0.3, -0.25) is 9.36 Å². The predicted octanol–water partition coefficient (Wildman–Crippen LogP) is 3.87. The van der Waals surface area contributed by atoms with Crippen LogP contribution in [0.15, 0.2) is 42.9 Å². The normalized spacial score (nSPS) is 10.9. The van der Waals surface area contributed by atoms with E-state index in [0.29, 0.717) is 17.9 Å². The smallest absolute Gasteiger partial charge is 0.387 e. The number of alkyl halides is 2. The minimum atomic E-state index is -2.91. The van der Waals surface area contributed by atoms with Crippen LogP contribution in [0.1, 0.15) is 18.2 Å². The van der Waals surface area contributed by atoms with E-state index < -0.39 is 6.61 Å². The van der Waals surface area contributed by atoms with Crippen molar-refractivity contribution in [1.29, 1.82) is 0 Å². The first-order chi connectivity index (χ1) is 13.5. The van der Waals surface area contributed by atoms with Gasteiger partial charge in [-0.05, 0) is 38.2 Å². The Kier molecular flexibility index (Phi) is 6.19. The highest BCUT2D eigenvalue weighted by Gasteiger charge is 2.11. The number of nitrogens with one attached hydrogen (secondary N) is 2. The van der Waals surface area contributed by atoms with E-state index in [0.717, 1.165) is 17.8 Å². The first-order valence-corrected chi connectivity index (χ1v) is 9.02. The lowest BCUT2D eigenvalue weighted by Gasteiger charge is -2.13. The largest absolute Gasteiger partial charge is 0.433 e. The molecule has 148 valence electrons. The SMILES string of the molecule is CCn1ncc(Cn2cc(NC(=S)Nc3ccccc3OC(F)F)cn2)c1C. The lowest BCUT2D eigenvalue weighted by molar-refractivity contribution is -0.0493. The molecular formula is C18H20F2N6OS. The highest BCUT2D eigenvalue weighted by molar-refractivity contribution is 7.80. The fourth-order valence-corrected chi connectivity index (χ4v) is 2.93. The molecule has 0 aliphatic rings. The Hall–Kier alpha value is -3.01. The van der Waals surface area contributed by atoms with Crippen molar-refractivity contribution in [3.63, 3.8) is 0 Å². The topological polar surface area (TPSA) is 68.9 Å². The first-order valence-electron chi connectivity index (χ1n) is 8.62. The summed E-state index contributed by atoms with van der Waals surface area (Å²) in [4.78, 5) is 0. The van der Waals surface area contributed by atoms with Crippen LogP contribution in [0.5, 0.6) is 5.75 Å². The Morgan fingerprint density at radius 1 is 1.21 bits per heavy atom. The Morgan fingerprint density at radius 3 is 2.71 bits per heavy atom. The van der Waals surface area contributed by atoms with Crippen molar-refractivity contribution in [3.8, 4) is 5.75 Å². The Labute approximate surface area is 166 Å². The monoisotopic (exact) mass is 406 g/mol. The molecule has 0 saturated carbocycles. The molecule has 3 rings (SSSR count). The van der Waals surface area contributed by atoms with E-state index in [1.54, 1.807) is 35.3 Å². The first kappa shape index (κ1) is 19.7. The fraction of sp³-hybridized carbons (Fsp3) is 0.278. The van der Waals surface area contributed by atoms with Gasteiger partial charge in [-0.25, -0.2) is 0 Å². The fourth-order valence-electron chi connectivity index (χ4n) is 2.70. The zero-order chi connectivity index (χ0) is 20.1. The highest BCUT2D eigenvalue weighted by Crippen LogP contribution is 2.25. The second-order valence-corrected chi connectivity index (χ2v) is 6.36. The minimum Gasteiger partial charge on any atom is -0.433 e. The van der Waals surface area contributed by atoms with Gasteiger partial charge in [0.05, 0.1) is 30.3 Å². The Balaban J connectivity index is 1.62. The molecule has 2 aromatic heterocycles. The number of aromatic nitrogens is 4. The number of rotatable bonds is 7. The molecule has 0 unspecified atom stereocenters. The molecule has 7 nitrogen and oxygen atoms in total. The van der Waals surface area contributed by atoms with Crippen molar-refractivity contribution in [1.82, 2.24) is 19.6 Å². The van der Waals surface area contributed by atoms with Crippen LogP contribution in [0.3, 0.4) is 0 Å². The van der Waals surface area contributed by atoms with Crippen LogP contribution in [0, 0.1) is 6.92 Å². The van der Waals surface area contributed by atoms with Crippen molar-refractivity contribution in [2.75, 3.05) is 10.6 Å². The summed E-state index contributed by atoms with van der Waals surface area (Å²) in [6.07, 6.45) is 5.27. The van der Waals surface area contributed by atoms with Crippen molar-refractivity contribution in [2.45, 2.75) is 33.5 Å². The standard InChI is InChI=1S/C18H20F2N6OS/c1-3-26-12(2)13(8-22-26)10-25-11-14(9-21-25)23-18(28)24-15-6-4-5-7-16(15)27-17(19)20/h4-9,11,17H,3,10H2,1-2H3,(H2,23,24,28). The van der Waals surface area contributed by atoms with Gasteiger partial charge in [0, 0.05) is 24.0 Å². The number of ether oxygens (including phenoxy) is 1. The molecule has 3 aromatic rings. The van der Waals surface area contributed by atoms with E-state index in [2.05, 4.69) is 25.6 Å². The van der Waals surface area contributed by atoms with E-state index in [4.69, 9.17) is 12.2 Å². The van der Waals surface area contributed by atoms with E-state index in [1.807, 2.05) is 24.7 Å². The minimum absolute atomic E-state index is 0.0146. The van der Waals surface area contributed by atoms with Crippen LogP contribution in [-0.4, -0.2) is 31.3 Å². The molecular weight excluding hydrogens is 386 g/mol. The predicted molar refractivity (Wildman–Crippen MR) is 107 cm³/mol. The molecule has 28 heavy (non-hydrogen) atoms. The van der Waals surface area contributed by atoms with Crippen LogP contribution in [0.25, 0.3) is 0 Å². The third-order valence-electron chi connectivity index (χ3n) is 4.08. The second kappa shape index (κ2) is 8.79. The number of hydrogen-bond acceptors (Lipinski definition) is 4. The quantitative estimate of drug-likeness (QED) is 0.581. The van der Waals surface area contributed by atoms with Crippen LogP contribution >= 0.6 is 12.2 Å². The van der Waals surface area contributed by atoms with Gasteiger partial charge in [-0.1, -0.05) is 12.1 Å². The van der Waals surface area contributed by atoms with Crippen molar-refractivity contribution < 1.29 is 13.5 Å². The summed E-state index contributed by atoms with van der Waals surface area (Å²) >= 11 is 5.25. The molecule has 0 atom stereocenters. The third kappa shape index (κ3) is 4.83. The third-order valence-corrected chi connectivity index (χ3v) is 4.28. The molecule has 0 radical (unpaired) electrons. The summed E-state index contributed by atoms with van der Waals surface area (Å²) in [5.41, 5.74) is 3.19. The average molecular weight is 406 g/mol. The van der Waals surface area contributed by atoms with E-state index in [9.17, 15) is 8.78 Å². The van der Waals surface area contributed by atoms with Crippen LogP contribution in [0.2, 0.25) is 0 Å². The molecule has 0 amide bonds. The van der Waals surface area contributed by atoms with E-state index in [1.165, 1.54) is 6.07 Å². The van der Waals surface area contributed by atoms with Gasteiger partial charge in [0.1, 0.15) is 5.75 Å². The van der Waals surface area contributed by atoms with Gasteiger partial charge < -0.3 is 15.4 Å². The summed E-state index contributed by atoms with van der Waals surface area (Å²) in [7, 11) is 0. The van der Waals surface area contributed by atoms with Crippen LogP contribution in [0.4, 0.5) is 20.2 Å². The number of para-hydroxylation sites is 2. The zero-order valence-corrected chi connectivity index (χ0v) is 16.2. The molecule has 0 aliphatic carbocycles. The van der Waals surface area contributed by atoms with Gasteiger partial charge >= 0.3 is 6.61 Å². The maximum atomic E-state index is 12.5. The van der Waals surface area contributed by atoms with Crippen molar-refractivity contribution in [3.05, 3.63) is 54.1 Å². The van der Waals surface area contributed by atoms with Crippen LogP contribution in [-0.2, 0) is 13.1 Å². The van der Waals surface area contributed by atoms with Gasteiger partial charge in [-0.2, -0.15) is 19.0 Å². The van der Waals surface area contributed by atoms with Crippen molar-refractivity contribution in [2.24, 2.45) is 0 Å². The number of thiocarbonyl (C=S) groups is 1. The molecule has 10 heteroatoms.